The molecule has 0 saturated heterocycles. The van der Waals surface area contributed by atoms with Gasteiger partial charge < -0.3 is 17.2 Å². The van der Waals surface area contributed by atoms with E-state index in [1.807, 2.05) is 0 Å². The first kappa shape index (κ1) is 17.4. The second kappa shape index (κ2) is 4.80. The van der Waals surface area contributed by atoms with Crippen molar-refractivity contribution in [3.8, 4) is 0 Å². The van der Waals surface area contributed by atoms with Gasteiger partial charge >= 0.3 is 0 Å². The first-order chi connectivity index (χ1) is 8.20. The summed E-state index contributed by atoms with van der Waals surface area (Å²) in [6.45, 7) is 9.11. The predicted octanol–water partition coefficient (Wildman–Crippen LogP) is -0.920. The van der Waals surface area contributed by atoms with Crippen molar-refractivity contribution in [2.24, 2.45) is 17.2 Å². The third kappa shape index (κ3) is 2.86. The Balaban J connectivity index is 6.16. The van der Waals surface area contributed by atoms with Crippen molar-refractivity contribution in [3.63, 3.8) is 0 Å². The monoisotopic (exact) mass is 272 g/mol. The van der Waals surface area contributed by atoms with Crippen molar-refractivity contribution in [2.45, 2.75) is 58.2 Å². The van der Waals surface area contributed by atoms with Crippen molar-refractivity contribution in [1.29, 1.82) is 0 Å². The van der Waals surface area contributed by atoms with E-state index in [9.17, 15) is 14.4 Å². The van der Waals surface area contributed by atoms with Gasteiger partial charge in [-0.15, -0.1) is 0 Å². The average Bonchev–Trinajstić information content (AvgIpc) is 2.14. The van der Waals surface area contributed by atoms with Gasteiger partial charge in [0.2, 0.25) is 17.7 Å². The quantitative estimate of drug-likeness (QED) is 0.576. The van der Waals surface area contributed by atoms with E-state index in [1.54, 1.807) is 0 Å². The Morgan fingerprint density at radius 1 is 0.632 bits per heavy atom. The lowest BCUT2D eigenvalue weighted by Gasteiger charge is -2.52. The molecule has 6 N–H and O–H groups in total. The topological polar surface area (TPSA) is 133 Å². The summed E-state index contributed by atoms with van der Waals surface area (Å²) in [5.74, 6) is -2.05. The number of nitrogens with two attached hydrogens (primary N) is 3. The number of hydrogen-bond acceptors (Lipinski definition) is 4. The number of rotatable bonds is 6. The summed E-state index contributed by atoms with van der Waals surface area (Å²) in [6.07, 6.45) is 0. The van der Waals surface area contributed by atoms with Crippen molar-refractivity contribution in [1.82, 2.24) is 4.90 Å². The van der Waals surface area contributed by atoms with E-state index in [0.717, 1.165) is 0 Å². The van der Waals surface area contributed by atoms with Gasteiger partial charge in [-0.1, -0.05) is 0 Å². The number of carbonyl (C=O) groups is 3. The van der Waals surface area contributed by atoms with Gasteiger partial charge in [-0.3, -0.25) is 19.3 Å². The standard InChI is InChI=1S/C12H24N4O3/c1-10(2,7(13)17)16(11(3,4)8(14)18)12(5,6)9(15)19/h1-6H3,(H2,13,17)(H2,14,18)(H2,15,19). The van der Waals surface area contributed by atoms with Gasteiger partial charge in [-0.05, 0) is 41.5 Å². The zero-order valence-electron chi connectivity index (χ0n) is 12.4. The molecule has 0 aromatic rings. The molecular weight excluding hydrogens is 248 g/mol. The predicted molar refractivity (Wildman–Crippen MR) is 71.7 cm³/mol. The number of primary amides is 3. The number of carbonyl (C=O) groups excluding carboxylic acids is 3. The molecule has 7 nitrogen and oxygen atoms in total. The molecule has 0 aromatic heterocycles. The maximum Gasteiger partial charge on any atom is 0.237 e. The molecular formula is C12H24N4O3. The second-order valence-electron chi connectivity index (χ2n) is 6.11. The van der Waals surface area contributed by atoms with E-state index in [2.05, 4.69) is 0 Å². The van der Waals surface area contributed by atoms with E-state index in [0.29, 0.717) is 0 Å². The molecule has 0 aliphatic heterocycles. The lowest BCUT2D eigenvalue weighted by atomic mass is 9.84. The zero-order chi connectivity index (χ0) is 15.8. The fraction of sp³-hybridized carbons (Fsp3) is 0.750. The summed E-state index contributed by atoms with van der Waals surface area (Å²) >= 11 is 0. The van der Waals surface area contributed by atoms with Gasteiger partial charge in [-0.25, -0.2) is 0 Å². The third-order valence-electron chi connectivity index (χ3n) is 3.49. The molecule has 0 spiro atoms. The molecule has 0 aromatic carbocycles. The fourth-order valence-electron chi connectivity index (χ4n) is 2.43. The van der Waals surface area contributed by atoms with E-state index in [1.165, 1.54) is 46.4 Å². The Bertz CT molecular complexity index is 351. The van der Waals surface area contributed by atoms with Crippen molar-refractivity contribution >= 4 is 17.7 Å². The maximum atomic E-state index is 11.7. The van der Waals surface area contributed by atoms with Crippen LogP contribution in [-0.4, -0.2) is 39.2 Å². The van der Waals surface area contributed by atoms with Crippen LogP contribution in [-0.2, 0) is 14.4 Å². The highest BCUT2D eigenvalue weighted by Crippen LogP contribution is 2.33. The van der Waals surface area contributed by atoms with Crippen molar-refractivity contribution in [2.75, 3.05) is 0 Å². The van der Waals surface area contributed by atoms with Crippen molar-refractivity contribution < 1.29 is 14.4 Å². The Kier molecular flexibility index (Phi) is 4.39. The van der Waals surface area contributed by atoms with Gasteiger partial charge in [0.25, 0.3) is 0 Å². The van der Waals surface area contributed by atoms with Crippen LogP contribution in [0, 0.1) is 0 Å². The van der Waals surface area contributed by atoms with Crippen LogP contribution in [0.4, 0.5) is 0 Å². The van der Waals surface area contributed by atoms with E-state index >= 15 is 0 Å². The molecule has 0 heterocycles. The molecule has 0 aliphatic carbocycles. The molecule has 0 radical (unpaired) electrons. The molecule has 0 atom stereocenters. The summed E-state index contributed by atoms with van der Waals surface area (Å²) in [5.41, 5.74) is 12.3. The van der Waals surface area contributed by atoms with Gasteiger partial charge in [0.15, 0.2) is 0 Å². The molecule has 0 aliphatic rings. The van der Waals surface area contributed by atoms with Crippen LogP contribution in [0.25, 0.3) is 0 Å². The van der Waals surface area contributed by atoms with Crippen molar-refractivity contribution in [3.05, 3.63) is 0 Å². The minimum atomic E-state index is -1.28. The molecule has 19 heavy (non-hydrogen) atoms. The van der Waals surface area contributed by atoms with E-state index < -0.39 is 34.3 Å². The number of nitrogens with zero attached hydrogens (tertiary/aromatic N) is 1. The van der Waals surface area contributed by atoms with Crippen LogP contribution in [0.1, 0.15) is 41.5 Å². The highest BCUT2D eigenvalue weighted by atomic mass is 16.2. The van der Waals surface area contributed by atoms with Crippen LogP contribution in [0.15, 0.2) is 0 Å². The Morgan fingerprint density at radius 3 is 0.895 bits per heavy atom. The molecule has 0 unspecified atom stereocenters. The van der Waals surface area contributed by atoms with Crippen LogP contribution in [0.5, 0.6) is 0 Å². The summed E-state index contributed by atoms with van der Waals surface area (Å²) in [4.78, 5) is 36.4. The smallest absolute Gasteiger partial charge is 0.237 e. The third-order valence-corrected chi connectivity index (χ3v) is 3.49. The zero-order valence-corrected chi connectivity index (χ0v) is 12.4. The first-order valence-corrected chi connectivity index (χ1v) is 5.90. The summed E-state index contributed by atoms with van der Waals surface area (Å²) < 4.78 is 0. The summed E-state index contributed by atoms with van der Waals surface area (Å²) in [6, 6.07) is 0. The fourth-order valence-corrected chi connectivity index (χ4v) is 2.43. The SMILES string of the molecule is CC(C)(C(N)=O)N(C(C)(C)C(N)=O)C(C)(C)C(N)=O. The molecule has 3 amide bonds. The minimum absolute atomic E-state index is 0.684. The van der Waals surface area contributed by atoms with Crippen LogP contribution >= 0.6 is 0 Å². The minimum Gasteiger partial charge on any atom is -0.368 e. The highest BCUT2D eigenvalue weighted by Gasteiger charge is 2.53. The van der Waals surface area contributed by atoms with Crippen LogP contribution < -0.4 is 17.2 Å². The number of hydrogen-bond donors (Lipinski definition) is 3. The Hall–Kier alpha value is -1.63. The lowest BCUT2D eigenvalue weighted by Crippen LogP contribution is -2.73. The van der Waals surface area contributed by atoms with E-state index in [4.69, 9.17) is 17.2 Å². The maximum absolute atomic E-state index is 11.7. The van der Waals surface area contributed by atoms with Gasteiger partial charge in [0.05, 0.1) is 16.6 Å². The molecule has 7 heteroatoms. The largest absolute Gasteiger partial charge is 0.368 e. The van der Waals surface area contributed by atoms with Crippen LogP contribution in [0.3, 0.4) is 0 Å². The highest BCUT2D eigenvalue weighted by molar-refractivity contribution is 5.92. The van der Waals surface area contributed by atoms with Gasteiger partial charge in [-0.2, -0.15) is 0 Å². The molecule has 0 rings (SSSR count). The second-order valence-corrected chi connectivity index (χ2v) is 6.11. The summed E-state index contributed by atoms with van der Waals surface area (Å²) in [7, 11) is 0. The molecule has 0 bridgehead atoms. The van der Waals surface area contributed by atoms with E-state index in [-0.39, 0.29) is 0 Å². The molecule has 0 fully saturated rings. The first-order valence-electron chi connectivity index (χ1n) is 5.90. The Labute approximate surface area is 113 Å². The van der Waals surface area contributed by atoms with Gasteiger partial charge in [0.1, 0.15) is 0 Å². The average molecular weight is 272 g/mol. The summed E-state index contributed by atoms with van der Waals surface area (Å²) in [5, 5.41) is 0. The normalized spacial score (nSPS) is 13.4. The van der Waals surface area contributed by atoms with Gasteiger partial charge in [0, 0.05) is 0 Å². The number of amides is 3. The molecule has 110 valence electrons. The molecule has 0 saturated carbocycles. The Morgan fingerprint density at radius 2 is 0.789 bits per heavy atom. The lowest BCUT2D eigenvalue weighted by molar-refractivity contribution is -0.156. The van der Waals surface area contributed by atoms with Crippen LogP contribution in [0.2, 0.25) is 0 Å².